The van der Waals surface area contributed by atoms with Gasteiger partial charge in [-0.2, -0.15) is 0 Å². The molecule has 0 amide bonds. The number of carbonyl (C=O) groups excluding carboxylic acids is 1. The molecule has 0 fully saturated rings. The Hall–Kier alpha value is -1.95. The zero-order chi connectivity index (χ0) is 17.0. The van der Waals surface area contributed by atoms with E-state index in [1.807, 2.05) is 91.0 Å². The second-order valence-corrected chi connectivity index (χ2v) is 7.52. The highest BCUT2D eigenvalue weighted by atomic mass is 35.5. The van der Waals surface area contributed by atoms with Crippen LogP contribution in [0.4, 0.5) is 0 Å². The maximum absolute atomic E-state index is 13.4. The van der Waals surface area contributed by atoms with E-state index in [0.29, 0.717) is 0 Å². The number of benzene rings is 3. The zero-order valence-electron chi connectivity index (χ0n) is 13.1. The maximum Gasteiger partial charge on any atom is 0.173 e. The lowest BCUT2D eigenvalue weighted by Crippen LogP contribution is -2.29. The molecule has 3 rings (SSSR count). The molecule has 1 nitrogen and oxygen atoms in total. The van der Waals surface area contributed by atoms with Gasteiger partial charge >= 0.3 is 0 Å². The van der Waals surface area contributed by atoms with Gasteiger partial charge < -0.3 is 0 Å². The summed E-state index contributed by atoms with van der Waals surface area (Å²) in [5, 5.41) is 0. The van der Waals surface area contributed by atoms with E-state index in [4.69, 9.17) is 11.6 Å². The minimum absolute atomic E-state index is 0.0576. The molecule has 0 aliphatic rings. The fourth-order valence-electron chi connectivity index (χ4n) is 2.82. The number of ketones is 1. The van der Waals surface area contributed by atoms with Crippen molar-refractivity contribution in [2.45, 2.75) is 10.5 Å². The van der Waals surface area contributed by atoms with Crippen LogP contribution in [0.2, 0.25) is 0 Å². The summed E-state index contributed by atoms with van der Waals surface area (Å²) in [6, 6.07) is 29.0. The second-order valence-electron chi connectivity index (χ2n) is 5.70. The Kier molecular flexibility index (Phi) is 5.14. The molecular formula is C21H18ClOP. The molecule has 3 aromatic carbocycles. The Morgan fingerprint density at radius 3 is 1.54 bits per heavy atom. The summed E-state index contributed by atoms with van der Waals surface area (Å²) >= 11 is 6.72. The molecule has 0 bridgehead atoms. The third-order valence-electron chi connectivity index (χ3n) is 4.08. The van der Waals surface area contributed by atoms with Crippen molar-refractivity contribution in [3.63, 3.8) is 0 Å². The molecule has 0 aromatic heterocycles. The van der Waals surface area contributed by atoms with Crippen molar-refractivity contribution in [1.82, 2.24) is 0 Å². The van der Waals surface area contributed by atoms with E-state index < -0.39 is 10.5 Å². The molecule has 0 radical (unpaired) electrons. The van der Waals surface area contributed by atoms with Crippen molar-refractivity contribution in [3.05, 3.63) is 108 Å². The summed E-state index contributed by atoms with van der Waals surface area (Å²) in [6.07, 6.45) is 0. The SMILES string of the molecule is O=C(C(c1ccccc1)c1ccccc1)C(P)(Cl)c1ccccc1. The normalized spacial score (nSPS) is 13.5. The number of hydrogen-bond donors (Lipinski definition) is 0. The zero-order valence-corrected chi connectivity index (χ0v) is 15.0. The summed E-state index contributed by atoms with van der Waals surface area (Å²) < 4.78 is -1.17. The topological polar surface area (TPSA) is 17.1 Å². The third-order valence-corrected chi connectivity index (χ3v) is 5.10. The number of rotatable bonds is 5. The second kappa shape index (κ2) is 7.30. The Balaban J connectivity index is 2.08. The van der Waals surface area contributed by atoms with Crippen molar-refractivity contribution < 1.29 is 4.79 Å². The van der Waals surface area contributed by atoms with Crippen LogP contribution < -0.4 is 0 Å². The van der Waals surface area contributed by atoms with E-state index in [9.17, 15) is 4.79 Å². The van der Waals surface area contributed by atoms with Crippen LogP contribution in [0, 0.1) is 0 Å². The summed E-state index contributed by atoms with van der Waals surface area (Å²) in [4.78, 5) is 13.4. The average molecular weight is 353 g/mol. The molecule has 0 saturated heterocycles. The largest absolute Gasteiger partial charge is 0.296 e. The molecule has 120 valence electrons. The Labute approximate surface area is 149 Å². The van der Waals surface area contributed by atoms with E-state index in [1.54, 1.807) is 0 Å². The number of hydrogen-bond acceptors (Lipinski definition) is 1. The first-order valence-electron chi connectivity index (χ1n) is 7.78. The lowest BCUT2D eigenvalue weighted by atomic mass is 9.85. The molecule has 2 unspecified atom stereocenters. The quantitative estimate of drug-likeness (QED) is 0.446. The van der Waals surface area contributed by atoms with Crippen molar-refractivity contribution in [2.24, 2.45) is 0 Å². The van der Waals surface area contributed by atoms with Crippen molar-refractivity contribution in [1.29, 1.82) is 0 Å². The van der Waals surface area contributed by atoms with Crippen LogP contribution >= 0.6 is 20.8 Å². The van der Waals surface area contributed by atoms with E-state index in [0.717, 1.165) is 16.7 Å². The molecule has 0 spiro atoms. The van der Waals surface area contributed by atoms with Gasteiger partial charge in [0.1, 0.15) is 4.62 Å². The van der Waals surface area contributed by atoms with Gasteiger partial charge in [0.25, 0.3) is 0 Å². The lowest BCUT2D eigenvalue weighted by Gasteiger charge is -2.27. The first-order valence-corrected chi connectivity index (χ1v) is 8.74. The minimum atomic E-state index is -1.17. The smallest absolute Gasteiger partial charge is 0.173 e. The van der Waals surface area contributed by atoms with Gasteiger partial charge in [-0.25, -0.2) is 0 Å². The van der Waals surface area contributed by atoms with Crippen LogP contribution in [0.15, 0.2) is 91.0 Å². The fraction of sp³-hybridized carbons (Fsp3) is 0.0952. The van der Waals surface area contributed by atoms with E-state index >= 15 is 0 Å². The molecule has 0 heterocycles. The Morgan fingerprint density at radius 1 is 0.750 bits per heavy atom. The summed E-state index contributed by atoms with van der Waals surface area (Å²) in [5.41, 5.74) is 2.66. The van der Waals surface area contributed by atoms with Gasteiger partial charge in [0.15, 0.2) is 5.78 Å². The van der Waals surface area contributed by atoms with Gasteiger partial charge in [0.05, 0.1) is 5.92 Å². The molecule has 24 heavy (non-hydrogen) atoms. The molecular weight excluding hydrogens is 335 g/mol. The van der Waals surface area contributed by atoms with Crippen LogP contribution in [0.3, 0.4) is 0 Å². The first kappa shape index (κ1) is 16.9. The molecule has 0 N–H and O–H groups in total. The fourth-order valence-corrected chi connectivity index (χ4v) is 3.41. The Morgan fingerprint density at radius 2 is 1.12 bits per heavy atom. The summed E-state index contributed by atoms with van der Waals surface area (Å²) in [7, 11) is 2.53. The van der Waals surface area contributed by atoms with Crippen molar-refractivity contribution >= 4 is 26.6 Å². The number of alkyl halides is 1. The van der Waals surface area contributed by atoms with Crippen LogP contribution in [-0.4, -0.2) is 5.78 Å². The monoisotopic (exact) mass is 352 g/mol. The van der Waals surface area contributed by atoms with Crippen molar-refractivity contribution in [2.75, 3.05) is 0 Å². The minimum Gasteiger partial charge on any atom is -0.296 e. The number of Topliss-reactive ketones (excluding diaryl/α,β-unsaturated/α-hetero) is 1. The predicted octanol–water partition coefficient (Wildman–Crippen LogP) is 5.35. The van der Waals surface area contributed by atoms with E-state index in [1.165, 1.54) is 0 Å². The van der Waals surface area contributed by atoms with Gasteiger partial charge in [-0.1, -0.05) is 91.0 Å². The van der Waals surface area contributed by atoms with Gasteiger partial charge in [-0.05, 0) is 16.7 Å². The number of carbonyl (C=O) groups is 1. The molecule has 3 aromatic rings. The third kappa shape index (κ3) is 3.43. The van der Waals surface area contributed by atoms with E-state index in [-0.39, 0.29) is 5.78 Å². The number of halogens is 1. The highest BCUT2D eigenvalue weighted by Crippen LogP contribution is 2.43. The summed E-state index contributed by atoms with van der Waals surface area (Å²) in [5.74, 6) is -0.472. The average Bonchev–Trinajstić information content (AvgIpc) is 2.64. The van der Waals surface area contributed by atoms with Crippen LogP contribution in [0.1, 0.15) is 22.6 Å². The van der Waals surface area contributed by atoms with Gasteiger partial charge in [0, 0.05) is 0 Å². The summed E-state index contributed by atoms with van der Waals surface area (Å²) in [6.45, 7) is 0. The van der Waals surface area contributed by atoms with Crippen LogP contribution in [0.5, 0.6) is 0 Å². The van der Waals surface area contributed by atoms with E-state index in [2.05, 4.69) is 9.24 Å². The van der Waals surface area contributed by atoms with Gasteiger partial charge in [-0.3, -0.25) is 4.79 Å². The van der Waals surface area contributed by atoms with Crippen molar-refractivity contribution in [3.8, 4) is 0 Å². The maximum atomic E-state index is 13.4. The Bertz CT molecular complexity index is 762. The lowest BCUT2D eigenvalue weighted by molar-refractivity contribution is -0.120. The van der Waals surface area contributed by atoms with Gasteiger partial charge in [-0.15, -0.1) is 20.8 Å². The standard InChI is InChI=1S/C21H18ClOP/c22-21(24,18-14-8-3-9-15-18)20(23)19(16-10-4-1-5-11-16)17-12-6-2-7-13-17/h1-15,19H,24H2. The molecule has 2 atom stereocenters. The molecule has 0 aliphatic carbocycles. The molecule has 0 aliphatic heterocycles. The first-order chi connectivity index (χ1) is 11.6. The molecule has 0 saturated carbocycles. The highest BCUT2D eigenvalue weighted by Gasteiger charge is 2.39. The molecule has 3 heteroatoms. The van der Waals surface area contributed by atoms with Gasteiger partial charge in [0.2, 0.25) is 0 Å². The van der Waals surface area contributed by atoms with Crippen LogP contribution in [0.25, 0.3) is 0 Å². The predicted molar refractivity (Wildman–Crippen MR) is 103 cm³/mol. The van der Waals surface area contributed by atoms with Crippen LogP contribution in [-0.2, 0) is 9.41 Å². The highest BCUT2D eigenvalue weighted by molar-refractivity contribution is 7.24.